The maximum atomic E-state index is 12.4. The Hall–Kier alpha value is -4.29. The number of aliphatic carboxylic acids is 1. The van der Waals surface area contributed by atoms with E-state index in [1.54, 1.807) is 48.5 Å². The summed E-state index contributed by atoms with van der Waals surface area (Å²) < 4.78 is 11.5. The molecule has 4 rings (SSSR count). The first-order valence-electron chi connectivity index (χ1n) is 11.3. The molecule has 0 unspecified atom stereocenters. The van der Waals surface area contributed by atoms with E-state index in [0.717, 1.165) is 16.7 Å². The van der Waals surface area contributed by atoms with Crippen molar-refractivity contribution in [3.05, 3.63) is 119 Å². The monoisotopic (exact) mass is 501 g/mol. The van der Waals surface area contributed by atoms with Crippen LogP contribution in [0.1, 0.15) is 16.9 Å². The fraction of sp³-hybridized carbons (Fsp3) is 0.103. The number of hydrogen-bond acceptors (Lipinski definition) is 4. The first-order chi connectivity index (χ1) is 17.5. The van der Waals surface area contributed by atoms with Gasteiger partial charge < -0.3 is 19.6 Å². The Balaban J connectivity index is 1.31. The summed E-state index contributed by atoms with van der Waals surface area (Å²) in [5.41, 5.74) is 2.67. The Kier molecular flexibility index (Phi) is 8.21. The van der Waals surface area contributed by atoms with Crippen molar-refractivity contribution in [2.45, 2.75) is 19.1 Å². The molecular weight excluding hydrogens is 478 g/mol. The summed E-state index contributed by atoms with van der Waals surface area (Å²) in [5, 5.41) is 12.7. The van der Waals surface area contributed by atoms with E-state index in [-0.39, 0.29) is 6.42 Å². The van der Waals surface area contributed by atoms with Crippen LogP contribution in [0.15, 0.2) is 101 Å². The van der Waals surface area contributed by atoms with Crippen LogP contribution in [0.4, 0.5) is 0 Å². The number of rotatable bonds is 10. The molecule has 0 aliphatic carbocycles. The maximum absolute atomic E-state index is 12.4. The topological polar surface area (TPSA) is 88.8 Å². The van der Waals surface area contributed by atoms with Crippen molar-refractivity contribution in [1.82, 2.24) is 5.32 Å². The first-order valence-corrected chi connectivity index (χ1v) is 11.7. The third-order valence-electron chi connectivity index (χ3n) is 5.38. The van der Waals surface area contributed by atoms with Crippen LogP contribution in [0.3, 0.4) is 0 Å². The molecule has 0 radical (unpaired) electrons. The van der Waals surface area contributed by atoms with E-state index < -0.39 is 17.9 Å². The van der Waals surface area contributed by atoms with Gasteiger partial charge in [0.05, 0.1) is 0 Å². The van der Waals surface area contributed by atoms with E-state index in [4.69, 9.17) is 20.8 Å². The third kappa shape index (κ3) is 7.10. The van der Waals surface area contributed by atoms with E-state index in [1.807, 2.05) is 42.5 Å². The highest BCUT2D eigenvalue weighted by Gasteiger charge is 2.19. The molecule has 0 bridgehead atoms. The van der Waals surface area contributed by atoms with Gasteiger partial charge in [-0.15, -0.1) is 0 Å². The van der Waals surface area contributed by atoms with Crippen molar-refractivity contribution in [1.29, 1.82) is 0 Å². The minimum atomic E-state index is -1.12. The molecule has 0 saturated carbocycles. The lowest BCUT2D eigenvalue weighted by molar-refractivity contribution is -0.141. The van der Waals surface area contributed by atoms with Crippen molar-refractivity contribution in [2.24, 2.45) is 0 Å². The number of carboxylic acids is 1. The Labute approximate surface area is 213 Å². The molecular formula is C29H24ClNO5. The summed E-state index contributed by atoms with van der Waals surface area (Å²) >= 11 is 5.91. The summed E-state index contributed by atoms with van der Waals surface area (Å²) in [6.07, 6.45) is 2.88. The van der Waals surface area contributed by atoms with Gasteiger partial charge >= 0.3 is 5.97 Å². The van der Waals surface area contributed by atoms with Crippen LogP contribution in [0.25, 0.3) is 17.4 Å². The standard InChI is InChI=1S/C29H24ClNO5/c30-23-10-8-22(9-11-23)27-16-14-25(36-27)15-17-28(32)31-26(29(33)34)18-20-6-12-24(13-7-20)35-19-21-4-2-1-3-5-21/h1-17,26H,18-19H2,(H,31,32)(H,33,34)/b17-15+/t26-/m0/s1. The molecule has 0 fully saturated rings. The van der Waals surface area contributed by atoms with Crippen LogP contribution in [-0.4, -0.2) is 23.0 Å². The molecule has 2 N–H and O–H groups in total. The fourth-order valence-electron chi connectivity index (χ4n) is 3.49. The molecule has 0 spiro atoms. The summed E-state index contributed by atoms with van der Waals surface area (Å²) in [4.78, 5) is 24.1. The van der Waals surface area contributed by atoms with E-state index in [1.165, 1.54) is 12.2 Å². The van der Waals surface area contributed by atoms with Gasteiger partial charge in [-0.2, -0.15) is 0 Å². The second kappa shape index (κ2) is 11.9. The molecule has 0 aliphatic heterocycles. The molecule has 1 atom stereocenters. The summed E-state index contributed by atoms with van der Waals surface area (Å²) in [6.45, 7) is 0.442. The summed E-state index contributed by atoms with van der Waals surface area (Å²) in [6, 6.07) is 26.6. The SMILES string of the molecule is O=C(/C=C/c1ccc(-c2ccc(Cl)cc2)o1)N[C@@H](Cc1ccc(OCc2ccccc2)cc1)C(=O)O. The molecule has 182 valence electrons. The van der Waals surface area contributed by atoms with Gasteiger partial charge in [-0.25, -0.2) is 4.79 Å². The minimum absolute atomic E-state index is 0.134. The van der Waals surface area contributed by atoms with Crippen LogP contribution in [0, 0.1) is 0 Å². The normalized spacial score (nSPS) is 11.8. The Morgan fingerprint density at radius 2 is 1.64 bits per heavy atom. The van der Waals surface area contributed by atoms with Gasteiger partial charge in [-0.1, -0.05) is 54.1 Å². The van der Waals surface area contributed by atoms with Gasteiger partial charge in [0.2, 0.25) is 5.91 Å². The predicted molar refractivity (Wildman–Crippen MR) is 139 cm³/mol. The van der Waals surface area contributed by atoms with E-state index >= 15 is 0 Å². The number of ether oxygens (including phenoxy) is 1. The Morgan fingerprint density at radius 3 is 2.33 bits per heavy atom. The molecule has 36 heavy (non-hydrogen) atoms. The number of nitrogens with one attached hydrogen (secondary N) is 1. The number of benzene rings is 3. The van der Waals surface area contributed by atoms with Gasteiger partial charge in [-0.05, 0) is 65.7 Å². The number of carboxylic acid groups (broad SMARTS) is 1. The number of hydrogen-bond donors (Lipinski definition) is 2. The predicted octanol–water partition coefficient (Wildman–Crippen LogP) is 6.00. The molecule has 3 aromatic carbocycles. The van der Waals surface area contributed by atoms with Crippen LogP contribution in [0.2, 0.25) is 5.02 Å². The second-order valence-corrected chi connectivity index (χ2v) is 8.50. The molecule has 6 nitrogen and oxygen atoms in total. The highest BCUT2D eigenvalue weighted by Crippen LogP contribution is 2.24. The molecule has 1 aromatic heterocycles. The van der Waals surface area contributed by atoms with Crippen LogP contribution < -0.4 is 10.1 Å². The third-order valence-corrected chi connectivity index (χ3v) is 5.63. The average molecular weight is 502 g/mol. The molecule has 4 aromatic rings. The number of amides is 1. The lowest BCUT2D eigenvalue weighted by atomic mass is 10.1. The fourth-order valence-corrected chi connectivity index (χ4v) is 3.61. The average Bonchev–Trinajstić information content (AvgIpc) is 3.37. The highest BCUT2D eigenvalue weighted by molar-refractivity contribution is 6.30. The van der Waals surface area contributed by atoms with E-state index in [9.17, 15) is 14.7 Å². The van der Waals surface area contributed by atoms with Gasteiger partial charge in [-0.3, -0.25) is 4.79 Å². The van der Waals surface area contributed by atoms with Gasteiger partial charge in [0.25, 0.3) is 0 Å². The second-order valence-electron chi connectivity index (χ2n) is 8.06. The molecule has 0 aliphatic rings. The Bertz CT molecular complexity index is 1330. The lowest BCUT2D eigenvalue weighted by Crippen LogP contribution is -2.41. The van der Waals surface area contributed by atoms with Crippen molar-refractivity contribution >= 4 is 29.6 Å². The zero-order valence-corrected chi connectivity index (χ0v) is 20.0. The summed E-state index contributed by atoms with van der Waals surface area (Å²) in [7, 11) is 0. The quantitative estimate of drug-likeness (QED) is 0.260. The van der Waals surface area contributed by atoms with Gasteiger partial charge in [0, 0.05) is 23.1 Å². The zero-order chi connectivity index (χ0) is 25.3. The number of furan rings is 1. The summed E-state index contributed by atoms with van der Waals surface area (Å²) in [5.74, 6) is 0.121. The van der Waals surface area contributed by atoms with Crippen molar-refractivity contribution < 1.29 is 23.8 Å². The van der Waals surface area contributed by atoms with Crippen molar-refractivity contribution in [3.8, 4) is 17.1 Å². The molecule has 0 saturated heterocycles. The van der Waals surface area contributed by atoms with Crippen molar-refractivity contribution in [2.75, 3.05) is 0 Å². The minimum Gasteiger partial charge on any atom is -0.489 e. The lowest BCUT2D eigenvalue weighted by Gasteiger charge is -2.14. The zero-order valence-electron chi connectivity index (χ0n) is 19.3. The maximum Gasteiger partial charge on any atom is 0.326 e. The first kappa shape index (κ1) is 24.8. The largest absolute Gasteiger partial charge is 0.489 e. The van der Waals surface area contributed by atoms with Crippen molar-refractivity contribution in [3.63, 3.8) is 0 Å². The van der Waals surface area contributed by atoms with Gasteiger partial charge in [0.15, 0.2) is 0 Å². The highest BCUT2D eigenvalue weighted by atomic mass is 35.5. The van der Waals surface area contributed by atoms with Gasteiger partial charge in [0.1, 0.15) is 29.9 Å². The Morgan fingerprint density at radius 1 is 0.917 bits per heavy atom. The number of halogens is 1. The van der Waals surface area contributed by atoms with Crippen LogP contribution in [0.5, 0.6) is 5.75 Å². The number of carbonyl (C=O) groups is 2. The van der Waals surface area contributed by atoms with Crippen LogP contribution >= 0.6 is 11.6 Å². The number of carbonyl (C=O) groups excluding carboxylic acids is 1. The smallest absolute Gasteiger partial charge is 0.326 e. The molecule has 1 amide bonds. The molecule has 1 heterocycles. The van der Waals surface area contributed by atoms with Crippen LogP contribution in [-0.2, 0) is 22.6 Å². The van der Waals surface area contributed by atoms with E-state index in [0.29, 0.717) is 28.9 Å². The molecule has 7 heteroatoms. The van der Waals surface area contributed by atoms with E-state index in [2.05, 4.69) is 5.32 Å².